The van der Waals surface area contributed by atoms with E-state index in [-0.39, 0.29) is 18.5 Å². The fourth-order valence-corrected chi connectivity index (χ4v) is 3.54. The molecule has 0 aromatic carbocycles. The van der Waals surface area contributed by atoms with Gasteiger partial charge in [0, 0.05) is 30.6 Å². The highest BCUT2D eigenvalue weighted by Crippen LogP contribution is 2.45. The number of hydrogen-bond donors (Lipinski definition) is 0. The van der Waals surface area contributed by atoms with Crippen molar-refractivity contribution in [3.63, 3.8) is 0 Å². The fraction of sp³-hybridized carbons (Fsp3) is 0.667. The second kappa shape index (κ2) is 5.27. The second-order valence-electron chi connectivity index (χ2n) is 6.24. The van der Waals surface area contributed by atoms with Gasteiger partial charge in [-0.25, -0.2) is 13.8 Å². The molecule has 0 spiro atoms. The molecule has 0 N–H and O–H groups in total. The van der Waals surface area contributed by atoms with Gasteiger partial charge in [0.05, 0.1) is 18.2 Å². The van der Waals surface area contributed by atoms with Gasteiger partial charge in [-0.1, -0.05) is 25.4 Å². The molecule has 2 atom stereocenters. The SMILES string of the molecule is CC(C)C1CC2CCOc3cc(Cl)cnc3N2CC1(F)F. The third kappa shape index (κ3) is 2.68. The van der Waals surface area contributed by atoms with Crippen LogP contribution in [0.1, 0.15) is 26.7 Å². The van der Waals surface area contributed by atoms with Crippen LogP contribution in [0.4, 0.5) is 14.6 Å². The molecule has 3 rings (SSSR count). The van der Waals surface area contributed by atoms with Gasteiger partial charge in [0.25, 0.3) is 5.92 Å². The number of hydrogen-bond acceptors (Lipinski definition) is 3. The van der Waals surface area contributed by atoms with E-state index in [2.05, 4.69) is 4.98 Å². The van der Waals surface area contributed by atoms with E-state index in [9.17, 15) is 8.78 Å². The average molecular weight is 317 g/mol. The van der Waals surface area contributed by atoms with Gasteiger partial charge in [-0.15, -0.1) is 0 Å². The Labute approximate surface area is 128 Å². The average Bonchev–Trinajstić information content (AvgIpc) is 2.55. The molecule has 0 saturated carbocycles. The first-order valence-corrected chi connectivity index (χ1v) is 7.69. The number of anilines is 1. The number of piperidine rings is 1. The lowest BCUT2D eigenvalue weighted by Crippen LogP contribution is -2.55. The van der Waals surface area contributed by atoms with Gasteiger partial charge in [0.1, 0.15) is 0 Å². The molecule has 2 aliphatic rings. The van der Waals surface area contributed by atoms with Crippen LogP contribution < -0.4 is 9.64 Å². The van der Waals surface area contributed by atoms with Crippen molar-refractivity contribution >= 4 is 17.4 Å². The van der Waals surface area contributed by atoms with Gasteiger partial charge in [0.15, 0.2) is 11.6 Å². The van der Waals surface area contributed by atoms with E-state index in [0.717, 1.165) is 6.42 Å². The quantitative estimate of drug-likeness (QED) is 0.783. The molecule has 3 heterocycles. The zero-order chi connectivity index (χ0) is 15.2. The standard InChI is InChI=1S/C15H19ClF2N2O/c1-9(2)12-6-11-3-4-21-13-5-10(16)7-19-14(13)20(11)8-15(12,17)18/h5,7,9,11-12H,3-4,6,8H2,1-2H3. The summed E-state index contributed by atoms with van der Waals surface area (Å²) in [6, 6.07) is 1.70. The van der Waals surface area contributed by atoms with Gasteiger partial charge in [-0.3, -0.25) is 0 Å². The smallest absolute Gasteiger partial charge is 0.268 e. The van der Waals surface area contributed by atoms with Gasteiger partial charge in [-0.05, 0) is 12.3 Å². The first-order chi connectivity index (χ1) is 9.88. The van der Waals surface area contributed by atoms with Crippen LogP contribution in [0.5, 0.6) is 5.75 Å². The fourth-order valence-electron chi connectivity index (χ4n) is 3.39. The van der Waals surface area contributed by atoms with Crippen LogP contribution in [0.3, 0.4) is 0 Å². The lowest BCUT2D eigenvalue weighted by Gasteiger charge is -2.45. The highest BCUT2D eigenvalue weighted by molar-refractivity contribution is 6.30. The number of fused-ring (bicyclic) bond motifs is 3. The van der Waals surface area contributed by atoms with Gasteiger partial charge in [0.2, 0.25) is 0 Å². The van der Waals surface area contributed by atoms with E-state index in [4.69, 9.17) is 16.3 Å². The molecule has 3 nitrogen and oxygen atoms in total. The maximum Gasteiger partial charge on any atom is 0.268 e. The lowest BCUT2D eigenvalue weighted by atomic mass is 9.79. The van der Waals surface area contributed by atoms with E-state index < -0.39 is 11.8 Å². The molecule has 1 aromatic rings. The summed E-state index contributed by atoms with van der Waals surface area (Å²) in [4.78, 5) is 5.94. The maximum absolute atomic E-state index is 14.5. The van der Waals surface area contributed by atoms with Crippen LogP contribution in [0.15, 0.2) is 12.3 Å². The highest BCUT2D eigenvalue weighted by atomic mass is 35.5. The summed E-state index contributed by atoms with van der Waals surface area (Å²) in [6.45, 7) is 3.94. The summed E-state index contributed by atoms with van der Waals surface area (Å²) in [6.07, 6.45) is 2.68. The minimum Gasteiger partial charge on any atom is -0.490 e. The van der Waals surface area contributed by atoms with Gasteiger partial charge < -0.3 is 9.64 Å². The Morgan fingerprint density at radius 3 is 2.95 bits per heavy atom. The van der Waals surface area contributed by atoms with Crippen molar-refractivity contribution in [3.05, 3.63) is 17.3 Å². The lowest BCUT2D eigenvalue weighted by molar-refractivity contribution is -0.0895. The van der Waals surface area contributed by atoms with E-state index in [1.165, 1.54) is 6.20 Å². The normalized spacial score (nSPS) is 27.6. The van der Waals surface area contributed by atoms with Crippen molar-refractivity contribution < 1.29 is 13.5 Å². The van der Waals surface area contributed by atoms with E-state index in [0.29, 0.717) is 29.6 Å². The van der Waals surface area contributed by atoms with Gasteiger partial charge >= 0.3 is 0 Å². The van der Waals surface area contributed by atoms with Crippen LogP contribution in [0.25, 0.3) is 0 Å². The molecule has 6 heteroatoms. The predicted octanol–water partition coefficient (Wildman–Crippen LogP) is 4.00. The van der Waals surface area contributed by atoms with Crippen LogP contribution in [0, 0.1) is 11.8 Å². The number of alkyl halides is 2. The van der Waals surface area contributed by atoms with E-state index >= 15 is 0 Å². The highest BCUT2D eigenvalue weighted by Gasteiger charge is 2.50. The third-order valence-corrected chi connectivity index (χ3v) is 4.68. The molecule has 1 aromatic heterocycles. The third-order valence-electron chi connectivity index (χ3n) is 4.48. The molecule has 0 bridgehead atoms. The van der Waals surface area contributed by atoms with Crippen molar-refractivity contribution in [2.24, 2.45) is 11.8 Å². The van der Waals surface area contributed by atoms with E-state index in [1.54, 1.807) is 11.0 Å². The number of pyridine rings is 1. The predicted molar refractivity (Wildman–Crippen MR) is 78.4 cm³/mol. The second-order valence-corrected chi connectivity index (χ2v) is 6.68. The van der Waals surface area contributed by atoms with Crippen LogP contribution in [-0.2, 0) is 0 Å². The summed E-state index contributed by atoms with van der Waals surface area (Å²) >= 11 is 5.92. The Kier molecular flexibility index (Phi) is 3.72. The zero-order valence-corrected chi connectivity index (χ0v) is 12.9. The number of ether oxygens (including phenoxy) is 1. The summed E-state index contributed by atoms with van der Waals surface area (Å²) in [5.41, 5.74) is 0. The van der Waals surface area contributed by atoms with Crippen LogP contribution >= 0.6 is 11.6 Å². The minimum atomic E-state index is -2.71. The number of aromatic nitrogens is 1. The molecule has 0 amide bonds. The number of rotatable bonds is 1. The Hall–Kier alpha value is -1.10. The summed E-state index contributed by atoms with van der Waals surface area (Å²) in [5.74, 6) is -2.35. The maximum atomic E-state index is 14.5. The summed E-state index contributed by atoms with van der Waals surface area (Å²) in [7, 11) is 0. The first-order valence-electron chi connectivity index (χ1n) is 7.31. The topological polar surface area (TPSA) is 25.4 Å². The molecular formula is C15H19ClF2N2O. The largest absolute Gasteiger partial charge is 0.490 e. The van der Waals surface area contributed by atoms with Crippen molar-refractivity contribution in [3.8, 4) is 5.75 Å². The molecule has 116 valence electrons. The Bertz CT molecular complexity index is 538. The molecule has 2 aliphatic heterocycles. The Balaban J connectivity index is 1.97. The molecule has 0 radical (unpaired) electrons. The Morgan fingerprint density at radius 1 is 1.48 bits per heavy atom. The first kappa shape index (κ1) is 14.8. The Morgan fingerprint density at radius 2 is 2.24 bits per heavy atom. The van der Waals surface area contributed by atoms with Crippen molar-refractivity contribution in [1.29, 1.82) is 0 Å². The van der Waals surface area contributed by atoms with Gasteiger partial charge in [-0.2, -0.15) is 0 Å². The summed E-state index contributed by atoms with van der Waals surface area (Å²) in [5, 5.41) is 0.455. The molecule has 1 fully saturated rings. The minimum absolute atomic E-state index is 0.0380. The molecule has 1 saturated heterocycles. The van der Waals surface area contributed by atoms with Crippen molar-refractivity contribution in [1.82, 2.24) is 4.98 Å². The van der Waals surface area contributed by atoms with Crippen LogP contribution in [0.2, 0.25) is 5.02 Å². The zero-order valence-electron chi connectivity index (χ0n) is 12.2. The molecular weight excluding hydrogens is 298 g/mol. The molecule has 21 heavy (non-hydrogen) atoms. The number of halogens is 3. The van der Waals surface area contributed by atoms with Crippen molar-refractivity contribution in [2.75, 3.05) is 18.1 Å². The van der Waals surface area contributed by atoms with E-state index in [1.807, 2.05) is 13.8 Å². The molecule has 0 aliphatic carbocycles. The number of nitrogens with zero attached hydrogens (tertiary/aromatic N) is 2. The summed E-state index contributed by atoms with van der Waals surface area (Å²) < 4.78 is 34.6. The monoisotopic (exact) mass is 316 g/mol. The van der Waals surface area contributed by atoms with Crippen LogP contribution in [-0.4, -0.2) is 30.1 Å². The van der Waals surface area contributed by atoms with Crippen molar-refractivity contribution in [2.45, 2.75) is 38.7 Å². The molecule has 2 unspecified atom stereocenters.